The lowest BCUT2D eigenvalue weighted by Crippen LogP contribution is -2.35. The standard InChI is InChI=1S/C19H22N4O2/c1-25-15-10-8-14(9-11-15)13-21-19(24)20-12-4-7-18-22-16-5-2-3-6-17(16)23-18/h2-3,5-6,8-11H,4,7,12-13H2,1H3,(H,22,23)(H2,20,21,24). The van der Waals surface area contributed by atoms with Crippen LogP contribution in [0.15, 0.2) is 48.5 Å². The van der Waals surface area contributed by atoms with E-state index in [0.29, 0.717) is 13.1 Å². The number of aromatic amines is 1. The number of nitrogens with one attached hydrogen (secondary N) is 3. The Morgan fingerprint density at radius 1 is 1.12 bits per heavy atom. The van der Waals surface area contributed by atoms with Crippen LogP contribution >= 0.6 is 0 Å². The second-order valence-corrected chi connectivity index (χ2v) is 5.76. The summed E-state index contributed by atoms with van der Waals surface area (Å²) in [5.41, 5.74) is 3.05. The maximum atomic E-state index is 11.8. The van der Waals surface area contributed by atoms with Gasteiger partial charge in [0.15, 0.2) is 0 Å². The zero-order valence-electron chi connectivity index (χ0n) is 14.2. The molecule has 2 aromatic carbocycles. The summed E-state index contributed by atoms with van der Waals surface area (Å²) < 4.78 is 5.11. The number of carbonyl (C=O) groups is 1. The van der Waals surface area contributed by atoms with Gasteiger partial charge in [-0.3, -0.25) is 0 Å². The van der Waals surface area contributed by atoms with E-state index in [-0.39, 0.29) is 6.03 Å². The van der Waals surface area contributed by atoms with Gasteiger partial charge in [0.2, 0.25) is 0 Å². The molecule has 2 amide bonds. The molecular weight excluding hydrogens is 316 g/mol. The van der Waals surface area contributed by atoms with Gasteiger partial charge in [0.05, 0.1) is 18.1 Å². The molecule has 25 heavy (non-hydrogen) atoms. The number of amides is 2. The molecule has 0 bridgehead atoms. The first-order chi connectivity index (χ1) is 12.2. The molecule has 1 aromatic heterocycles. The fourth-order valence-corrected chi connectivity index (χ4v) is 2.57. The summed E-state index contributed by atoms with van der Waals surface area (Å²) in [7, 11) is 1.63. The second-order valence-electron chi connectivity index (χ2n) is 5.76. The number of aryl methyl sites for hydroxylation is 1. The van der Waals surface area contributed by atoms with Crippen molar-refractivity contribution in [2.45, 2.75) is 19.4 Å². The van der Waals surface area contributed by atoms with Crippen LogP contribution in [0, 0.1) is 0 Å². The topological polar surface area (TPSA) is 79.0 Å². The molecular formula is C19H22N4O2. The summed E-state index contributed by atoms with van der Waals surface area (Å²) in [4.78, 5) is 19.6. The maximum Gasteiger partial charge on any atom is 0.315 e. The number of ether oxygens (including phenoxy) is 1. The highest BCUT2D eigenvalue weighted by Gasteiger charge is 2.03. The van der Waals surface area contributed by atoms with E-state index in [4.69, 9.17) is 4.74 Å². The molecule has 6 heteroatoms. The van der Waals surface area contributed by atoms with E-state index in [9.17, 15) is 4.79 Å². The lowest BCUT2D eigenvalue weighted by atomic mass is 10.2. The van der Waals surface area contributed by atoms with Crippen LogP contribution in [-0.2, 0) is 13.0 Å². The summed E-state index contributed by atoms with van der Waals surface area (Å²) in [5, 5.41) is 5.71. The van der Waals surface area contributed by atoms with Crippen molar-refractivity contribution in [1.29, 1.82) is 0 Å². The van der Waals surface area contributed by atoms with E-state index in [1.165, 1.54) is 0 Å². The average molecular weight is 338 g/mol. The van der Waals surface area contributed by atoms with E-state index in [1.54, 1.807) is 7.11 Å². The summed E-state index contributed by atoms with van der Waals surface area (Å²) in [6.45, 7) is 1.09. The largest absolute Gasteiger partial charge is 0.497 e. The molecule has 0 aliphatic heterocycles. The number of hydrogen-bond acceptors (Lipinski definition) is 3. The minimum atomic E-state index is -0.166. The first-order valence-electron chi connectivity index (χ1n) is 8.33. The quantitative estimate of drug-likeness (QED) is 0.580. The molecule has 0 atom stereocenters. The van der Waals surface area contributed by atoms with Gasteiger partial charge in [-0.1, -0.05) is 24.3 Å². The number of H-pyrrole nitrogens is 1. The van der Waals surface area contributed by atoms with Gasteiger partial charge in [-0.2, -0.15) is 0 Å². The number of imidazole rings is 1. The van der Waals surface area contributed by atoms with Crippen molar-refractivity contribution in [1.82, 2.24) is 20.6 Å². The number of benzene rings is 2. The number of rotatable bonds is 7. The van der Waals surface area contributed by atoms with Crippen LogP contribution in [-0.4, -0.2) is 29.7 Å². The molecule has 0 unspecified atom stereocenters. The molecule has 3 rings (SSSR count). The van der Waals surface area contributed by atoms with Crippen molar-refractivity contribution >= 4 is 17.1 Å². The summed E-state index contributed by atoms with van der Waals surface area (Å²) in [6.07, 6.45) is 1.63. The van der Waals surface area contributed by atoms with Gasteiger partial charge in [-0.15, -0.1) is 0 Å². The van der Waals surface area contributed by atoms with Gasteiger partial charge in [-0.05, 0) is 36.2 Å². The van der Waals surface area contributed by atoms with Crippen LogP contribution in [0.2, 0.25) is 0 Å². The molecule has 0 saturated carbocycles. The first kappa shape index (κ1) is 16.8. The van der Waals surface area contributed by atoms with Crippen molar-refractivity contribution in [2.75, 3.05) is 13.7 Å². The number of nitrogens with zero attached hydrogens (tertiary/aromatic N) is 1. The molecule has 6 nitrogen and oxygen atoms in total. The Labute approximate surface area is 146 Å². The lowest BCUT2D eigenvalue weighted by Gasteiger charge is -2.08. The number of methoxy groups -OCH3 is 1. The molecule has 1 heterocycles. The normalized spacial score (nSPS) is 10.6. The van der Waals surface area contributed by atoms with Crippen LogP contribution in [0.5, 0.6) is 5.75 Å². The SMILES string of the molecule is COc1ccc(CNC(=O)NCCCc2nc3ccccc3[nH]2)cc1. The fourth-order valence-electron chi connectivity index (χ4n) is 2.57. The highest BCUT2D eigenvalue weighted by atomic mass is 16.5. The zero-order valence-corrected chi connectivity index (χ0v) is 14.2. The summed E-state index contributed by atoms with van der Waals surface area (Å²) in [5.74, 6) is 1.75. The van der Waals surface area contributed by atoms with Crippen LogP contribution in [0.1, 0.15) is 17.8 Å². The van der Waals surface area contributed by atoms with Crippen LogP contribution in [0.25, 0.3) is 11.0 Å². The average Bonchev–Trinajstić information content (AvgIpc) is 3.07. The molecule has 130 valence electrons. The third kappa shape index (κ3) is 4.73. The van der Waals surface area contributed by atoms with Gasteiger partial charge < -0.3 is 20.4 Å². The third-order valence-electron chi connectivity index (χ3n) is 3.93. The molecule has 0 aliphatic rings. The smallest absolute Gasteiger partial charge is 0.315 e. The molecule has 0 saturated heterocycles. The number of carbonyl (C=O) groups excluding carboxylic acids is 1. The van der Waals surface area contributed by atoms with Gasteiger partial charge >= 0.3 is 6.03 Å². The Morgan fingerprint density at radius 3 is 2.68 bits per heavy atom. The predicted octanol–water partition coefficient (Wildman–Crippen LogP) is 3.00. The van der Waals surface area contributed by atoms with Crippen molar-refractivity contribution in [2.24, 2.45) is 0 Å². The molecule has 3 aromatic rings. The molecule has 0 aliphatic carbocycles. The van der Waals surface area contributed by atoms with Crippen molar-refractivity contribution < 1.29 is 9.53 Å². The number of hydrogen-bond donors (Lipinski definition) is 3. The third-order valence-corrected chi connectivity index (χ3v) is 3.93. The minimum Gasteiger partial charge on any atom is -0.497 e. The fraction of sp³-hybridized carbons (Fsp3) is 0.263. The molecule has 0 fully saturated rings. The number of aromatic nitrogens is 2. The zero-order chi connectivity index (χ0) is 17.5. The van der Waals surface area contributed by atoms with E-state index in [1.807, 2.05) is 48.5 Å². The Morgan fingerprint density at radius 2 is 1.92 bits per heavy atom. The number of para-hydroxylation sites is 2. The number of urea groups is 1. The summed E-state index contributed by atoms with van der Waals surface area (Å²) >= 11 is 0. The van der Waals surface area contributed by atoms with Crippen LogP contribution in [0.4, 0.5) is 4.79 Å². The Bertz CT molecular complexity index is 794. The molecule has 0 spiro atoms. The van der Waals surface area contributed by atoms with Crippen LogP contribution < -0.4 is 15.4 Å². The van der Waals surface area contributed by atoms with Crippen molar-refractivity contribution in [3.05, 3.63) is 59.9 Å². The second kappa shape index (κ2) is 8.19. The monoisotopic (exact) mass is 338 g/mol. The van der Waals surface area contributed by atoms with Crippen molar-refractivity contribution in [3.63, 3.8) is 0 Å². The van der Waals surface area contributed by atoms with E-state index >= 15 is 0 Å². The Hall–Kier alpha value is -3.02. The van der Waals surface area contributed by atoms with Gasteiger partial charge in [0, 0.05) is 19.5 Å². The highest BCUT2D eigenvalue weighted by molar-refractivity contribution is 5.75. The molecule has 0 radical (unpaired) electrons. The Balaban J connectivity index is 1.36. The maximum absolute atomic E-state index is 11.8. The minimum absolute atomic E-state index is 0.166. The number of fused-ring (bicyclic) bond motifs is 1. The lowest BCUT2D eigenvalue weighted by molar-refractivity contribution is 0.240. The van der Waals surface area contributed by atoms with Gasteiger partial charge in [0.1, 0.15) is 11.6 Å². The van der Waals surface area contributed by atoms with E-state index < -0.39 is 0 Å². The molecule has 3 N–H and O–H groups in total. The van der Waals surface area contributed by atoms with Gasteiger partial charge in [-0.25, -0.2) is 9.78 Å². The van der Waals surface area contributed by atoms with E-state index in [2.05, 4.69) is 20.6 Å². The Kier molecular flexibility index (Phi) is 5.51. The first-order valence-corrected chi connectivity index (χ1v) is 8.33. The van der Waals surface area contributed by atoms with Crippen molar-refractivity contribution in [3.8, 4) is 5.75 Å². The summed E-state index contributed by atoms with van der Waals surface area (Å²) in [6, 6.07) is 15.4. The van der Waals surface area contributed by atoms with E-state index in [0.717, 1.165) is 41.0 Å². The van der Waals surface area contributed by atoms with Crippen LogP contribution in [0.3, 0.4) is 0 Å². The predicted molar refractivity (Wildman–Crippen MR) is 97.6 cm³/mol. The highest BCUT2D eigenvalue weighted by Crippen LogP contribution is 2.11. The van der Waals surface area contributed by atoms with Gasteiger partial charge in [0.25, 0.3) is 0 Å².